The van der Waals surface area contributed by atoms with Gasteiger partial charge < -0.3 is 11.1 Å². The van der Waals surface area contributed by atoms with Crippen molar-refractivity contribution < 1.29 is 8.42 Å². The number of nitrogens with one attached hydrogen (secondary N) is 2. The summed E-state index contributed by atoms with van der Waals surface area (Å²) < 4.78 is 27.3. The zero-order chi connectivity index (χ0) is 20.3. The maximum Gasteiger partial charge on any atom is 0.210 e. The summed E-state index contributed by atoms with van der Waals surface area (Å²) >= 11 is 5.88. The average molecular weight is 498 g/mol. The molecule has 3 aromatic rings. The third kappa shape index (κ3) is 4.37. The molecule has 0 radical (unpaired) electrons. The van der Waals surface area contributed by atoms with Gasteiger partial charge in [-0.3, -0.25) is 10.4 Å². The molecule has 0 bridgehead atoms. The van der Waals surface area contributed by atoms with Crippen LogP contribution >= 0.6 is 39.0 Å². The SMILES string of the molecule is CSc1sc(C(=N)N)cc1S(=O)(=O)c1cnc(NCc2ccncc2)c(Br)c1. The molecule has 0 amide bonds. The van der Waals surface area contributed by atoms with E-state index < -0.39 is 9.84 Å². The van der Waals surface area contributed by atoms with Gasteiger partial charge in [0.05, 0.1) is 23.4 Å². The number of thiophene rings is 1. The Bertz CT molecular complexity index is 1120. The highest BCUT2D eigenvalue weighted by atomic mass is 79.9. The first-order chi connectivity index (χ1) is 13.3. The van der Waals surface area contributed by atoms with Crippen LogP contribution in [0, 0.1) is 5.41 Å². The van der Waals surface area contributed by atoms with Crippen molar-refractivity contribution in [2.75, 3.05) is 11.6 Å². The Morgan fingerprint density at radius 3 is 2.68 bits per heavy atom. The first-order valence-corrected chi connectivity index (χ1v) is 12.2. The normalized spacial score (nSPS) is 11.4. The van der Waals surface area contributed by atoms with E-state index in [1.807, 2.05) is 12.1 Å². The fraction of sp³-hybridized carbons (Fsp3) is 0.118. The molecule has 0 atom stereocenters. The van der Waals surface area contributed by atoms with Crippen LogP contribution < -0.4 is 11.1 Å². The third-order valence-corrected chi connectivity index (χ3v) is 8.65. The fourth-order valence-electron chi connectivity index (χ4n) is 2.33. The molecule has 3 rings (SSSR count). The molecular formula is C17H16BrN5O2S3. The molecule has 0 saturated carbocycles. The van der Waals surface area contributed by atoms with E-state index in [1.54, 1.807) is 18.6 Å². The highest BCUT2D eigenvalue weighted by Crippen LogP contribution is 2.37. The number of nitrogen functional groups attached to an aromatic ring is 1. The van der Waals surface area contributed by atoms with Gasteiger partial charge in [-0.1, -0.05) is 0 Å². The Morgan fingerprint density at radius 1 is 1.36 bits per heavy atom. The quantitative estimate of drug-likeness (QED) is 0.258. The number of amidine groups is 1. The van der Waals surface area contributed by atoms with Crippen LogP contribution in [0.3, 0.4) is 0 Å². The molecule has 146 valence electrons. The highest BCUT2D eigenvalue weighted by molar-refractivity contribution is 9.10. The average Bonchev–Trinajstić information content (AvgIpc) is 3.13. The minimum Gasteiger partial charge on any atom is -0.383 e. The van der Waals surface area contributed by atoms with Crippen LogP contribution in [0.2, 0.25) is 0 Å². The number of hydrogen-bond acceptors (Lipinski definition) is 8. The smallest absolute Gasteiger partial charge is 0.210 e. The fourth-order valence-corrected chi connectivity index (χ4v) is 6.80. The second kappa shape index (κ2) is 8.60. The first kappa shape index (κ1) is 20.8. The van der Waals surface area contributed by atoms with Crippen LogP contribution in [0.15, 0.2) is 61.3 Å². The Kier molecular flexibility index (Phi) is 6.38. The minimum atomic E-state index is -3.79. The summed E-state index contributed by atoms with van der Waals surface area (Å²) in [4.78, 5) is 8.86. The molecule has 0 spiro atoms. The number of nitrogens with two attached hydrogens (primary N) is 1. The molecule has 0 aliphatic carbocycles. The summed E-state index contributed by atoms with van der Waals surface area (Å²) in [5.41, 5.74) is 6.54. The van der Waals surface area contributed by atoms with E-state index in [-0.39, 0.29) is 15.6 Å². The van der Waals surface area contributed by atoms with E-state index in [0.29, 0.717) is 25.9 Å². The molecule has 0 aliphatic rings. The summed E-state index contributed by atoms with van der Waals surface area (Å²) in [7, 11) is -3.79. The molecule has 28 heavy (non-hydrogen) atoms. The Balaban J connectivity index is 1.89. The molecule has 0 fully saturated rings. The summed E-state index contributed by atoms with van der Waals surface area (Å²) in [5, 5.41) is 10.7. The van der Waals surface area contributed by atoms with Crippen LogP contribution in [0.1, 0.15) is 10.4 Å². The van der Waals surface area contributed by atoms with Crippen LogP contribution in [0.25, 0.3) is 0 Å². The van der Waals surface area contributed by atoms with Crippen molar-refractivity contribution in [3.05, 3.63) is 57.8 Å². The molecule has 0 unspecified atom stereocenters. The van der Waals surface area contributed by atoms with E-state index in [2.05, 4.69) is 31.2 Å². The van der Waals surface area contributed by atoms with Crippen LogP contribution in [-0.4, -0.2) is 30.5 Å². The van der Waals surface area contributed by atoms with Crippen molar-refractivity contribution >= 4 is 60.5 Å². The number of pyridine rings is 2. The Labute approximate surface area is 179 Å². The lowest BCUT2D eigenvalue weighted by molar-refractivity contribution is 0.594. The number of hydrogen-bond donors (Lipinski definition) is 3. The number of rotatable bonds is 7. The van der Waals surface area contributed by atoms with Crippen LogP contribution in [-0.2, 0) is 16.4 Å². The van der Waals surface area contributed by atoms with Crippen molar-refractivity contribution in [2.24, 2.45) is 5.73 Å². The van der Waals surface area contributed by atoms with Crippen LogP contribution in [0.5, 0.6) is 0 Å². The number of anilines is 1. The number of aromatic nitrogens is 2. The van der Waals surface area contributed by atoms with Gasteiger partial charge in [0.25, 0.3) is 0 Å². The lowest BCUT2D eigenvalue weighted by Crippen LogP contribution is -2.09. The van der Waals surface area contributed by atoms with E-state index in [1.165, 1.54) is 41.4 Å². The highest BCUT2D eigenvalue weighted by Gasteiger charge is 2.26. The number of sulfone groups is 1. The van der Waals surface area contributed by atoms with Crippen LogP contribution in [0.4, 0.5) is 5.82 Å². The molecule has 0 aromatic carbocycles. The van der Waals surface area contributed by atoms with Gasteiger partial charge in [-0.25, -0.2) is 13.4 Å². The number of halogens is 1. The van der Waals surface area contributed by atoms with Gasteiger partial charge in [-0.2, -0.15) is 0 Å². The maximum atomic E-state index is 13.1. The van der Waals surface area contributed by atoms with Crippen molar-refractivity contribution in [3.63, 3.8) is 0 Å². The van der Waals surface area contributed by atoms with Crippen molar-refractivity contribution in [3.8, 4) is 0 Å². The summed E-state index contributed by atoms with van der Waals surface area (Å²) in [6, 6.07) is 6.73. The van der Waals surface area contributed by atoms with E-state index in [0.717, 1.165) is 5.56 Å². The zero-order valence-corrected chi connectivity index (χ0v) is 18.7. The molecule has 3 heterocycles. The second-order valence-electron chi connectivity index (χ2n) is 5.59. The molecule has 11 heteroatoms. The molecular weight excluding hydrogens is 482 g/mol. The molecule has 0 saturated heterocycles. The van der Waals surface area contributed by atoms with Gasteiger partial charge >= 0.3 is 0 Å². The monoisotopic (exact) mass is 497 g/mol. The Morgan fingerprint density at radius 2 is 2.07 bits per heavy atom. The number of thioether (sulfide) groups is 1. The topological polar surface area (TPSA) is 122 Å². The zero-order valence-electron chi connectivity index (χ0n) is 14.6. The molecule has 4 N–H and O–H groups in total. The second-order valence-corrected chi connectivity index (χ2v) is 10.5. The van der Waals surface area contributed by atoms with E-state index in [9.17, 15) is 8.42 Å². The third-order valence-electron chi connectivity index (χ3n) is 3.74. The lowest BCUT2D eigenvalue weighted by atomic mass is 10.3. The standard InChI is InChI=1S/C17H16BrN5O2S3/c1-26-17-14(7-13(27-17)15(19)20)28(24,25)11-6-12(18)16(23-9-11)22-8-10-2-4-21-5-3-10/h2-7,9H,8H2,1H3,(H3,19,20)(H,22,23). The number of nitrogens with zero attached hydrogens (tertiary/aromatic N) is 2. The first-order valence-electron chi connectivity index (χ1n) is 7.88. The summed E-state index contributed by atoms with van der Waals surface area (Å²) in [5.74, 6) is 0.382. The van der Waals surface area contributed by atoms with Crippen molar-refractivity contribution in [2.45, 2.75) is 20.5 Å². The predicted molar refractivity (Wildman–Crippen MR) is 116 cm³/mol. The largest absolute Gasteiger partial charge is 0.383 e. The summed E-state index contributed by atoms with van der Waals surface area (Å²) in [6.45, 7) is 0.531. The van der Waals surface area contributed by atoms with E-state index in [4.69, 9.17) is 11.1 Å². The molecule has 7 nitrogen and oxygen atoms in total. The van der Waals surface area contributed by atoms with E-state index >= 15 is 0 Å². The van der Waals surface area contributed by atoms with Gasteiger partial charge in [-0.05, 0) is 52.0 Å². The molecule has 0 aliphatic heterocycles. The predicted octanol–water partition coefficient (Wildman–Crippen LogP) is 3.75. The van der Waals surface area contributed by atoms with Crippen molar-refractivity contribution in [1.82, 2.24) is 9.97 Å². The summed E-state index contributed by atoms with van der Waals surface area (Å²) in [6.07, 6.45) is 6.52. The maximum absolute atomic E-state index is 13.1. The van der Waals surface area contributed by atoms with Gasteiger partial charge in [0, 0.05) is 25.1 Å². The van der Waals surface area contributed by atoms with Gasteiger partial charge in [0.1, 0.15) is 11.7 Å². The Hall–Kier alpha value is -1.95. The van der Waals surface area contributed by atoms with Gasteiger partial charge in [0.2, 0.25) is 9.84 Å². The van der Waals surface area contributed by atoms with Gasteiger partial charge in [0.15, 0.2) is 0 Å². The van der Waals surface area contributed by atoms with Gasteiger partial charge in [-0.15, -0.1) is 23.1 Å². The molecule has 3 aromatic heterocycles. The lowest BCUT2D eigenvalue weighted by Gasteiger charge is -2.10. The van der Waals surface area contributed by atoms with Crippen molar-refractivity contribution in [1.29, 1.82) is 5.41 Å². The minimum absolute atomic E-state index is 0.0667.